The van der Waals surface area contributed by atoms with Crippen LogP contribution in [0, 0.1) is 0 Å². The van der Waals surface area contributed by atoms with Crippen LogP contribution >= 0.6 is 11.3 Å². The number of nitrogens with zero attached hydrogens (tertiary/aromatic N) is 1. The average Bonchev–Trinajstić information content (AvgIpc) is 2.71. The van der Waals surface area contributed by atoms with Gasteiger partial charge >= 0.3 is 5.97 Å². The molecule has 2 N–H and O–H groups in total. The van der Waals surface area contributed by atoms with Crippen molar-refractivity contribution in [2.24, 2.45) is 0 Å². The van der Waals surface area contributed by atoms with Gasteiger partial charge in [0.05, 0.1) is 5.69 Å². The van der Waals surface area contributed by atoms with Crippen molar-refractivity contribution < 1.29 is 9.53 Å². The number of nitrogens with two attached hydrogens (primary N) is 1. The fourth-order valence-corrected chi connectivity index (χ4v) is 3.61. The Morgan fingerprint density at radius 3 is 2.76 bits per heavy atom. The molecule has 1 aliphatic rings. The molecule has 5 heteroatoms. The fourth-order valence-electron chi connectivity index (χ4n) is 2.64. The van der Waals surface area contributed by atoms with Crippen LogP contribution in [-0.4, -0.2) is 16.6 Å². The Labute approximate surface area is 128 Å². The molecular weight excluding hydrogens is 284 g/mol. The Morgan fingerprint density at radius 2 is 2.05 bits per heavy atom. The van der Waals surface area contributed by atoms with Gasteiger partial charge in [0, 0.05) is 11.1 Å². The molecule has 0 aliphatic heterocycles. The van der Waals surface area contributed by atoms with Crippen LogP contribution in [-0.2, 0) is 17.6 Å². The first kappa shape index (κ1) is 14.3. The fraction of sp³-hybridized carbons (Fsp3) is 0.500. The van der Waals surface area contributed by atoms with E-state index >= 15 is 0 Å². The molecule has 2 aromatic heterocycles. The molecule has 0 radical (unpaired) electrons. The lowest BCUT2D eigenvalue weighted by Crippen LogP contribution is -2.23. The number of nitrogen functional groups attached to an aromatic ring is 1. The van der Waals surface area contributed by atoms with Gasteiger partial charge in [-0.2, -0.15) is 0 Å². The maximum absolute atomic E-state index is 12.3. The van der Waals surface area contributed by atoms with Crippen LogP contribution in [0.4, 0.5) is 5.69 Å². The van der Waals surface area contributed by atoms with E-state index in [2.05, 4.69) is 6.07 Å². The van der Waals surface area contributed by atoms with E-state index in [1.165, 1.54) is 29.7 Å². The number of hydrogen-bond donors (Lipinski definition) is 1. The number of aromatic nitrogens is 1. The Kier molecular flexibility index (Phi) is 3.40. The van der Waals surface area contributed by atoms with Crippen molar-refractivity contribution in [2.75, 3.05) is 5.73 Å². The maximum Gasteiger partial charge on any atom is 0.351 e. The molecule has 1 aliphatic carbocycles. The van der Waals surface area contributed by atoms with Crippen LogP contribution in [0.2, 0.25) is 0 Å². The highest BCUT2D eigenvalue weighted by atomic mass is 32.1. The summed E-state index contributed by atoms with van der Waals surface area (Å²) in [5, 5.41) is 0.890. The number of anilines is 1. The van der Waals surface area contributed by atoms with Crippen LogP contribution < -0.4 is 5.73 Å². The topological polar surface area (TPSA) is 65.2 Å². The van der Waals surface area contributed by atoms with Crippen molar-refractivity contribution in [1.29, 1.82) is 0 Å². The Morgan fingerprint density at radius 1 is 1.33 bits per heavy atom. The number of carbonyl (C=O) groups is 1. The molecule has 0 saturated heterocycles. The summed E-state index contributed by atoms with van der Waals surface area (Å²) in [6.45, 7) is 5.56. The minimum atomic E-state index is -0.521. The van der Waals surface area contributed by atoms with Gasteiger partial charge in [0.25, 0.3) is 0 Å². The molecule has 21 heavy (non-hydrogen) atoms. The molecule has 0 fully saturated rings. The summed E-state index contributed by atoms with van der Waals surface area (Å²) in [6.07, 6.45) is 4.45. The second kappa shape index (κ2) is 4.98. The van der Waals surface area contributed by atoms with Gasteiger partial charge in [0.15, 0.2) is 0 Å². The molecule has 0 saturated carbocycles. The third kappa shape index (κ3) is 2.75. The third-order valence-corrected chi connectivity index (χ3v) is 4.68. The number of aryl methyl sites for hydroxylation is 2. The van der Waals surface area contributed by atoms with Gasteiger partial charge in [-0.05, 0) is 58.1 Å². The smallest absolute Gasteiger partial charge is 0.351 e. The van der Waals surface area contributed by atoms with Crippen molar-refractivity contribution in [1.82, 2.24) is 4.98 Å². The molecule has 0 aromatic carbocycles. The van der Waals surface area contributed by atoms with Crippen molar-refractivity contribution >= 4 is 33.2 Å². The highest BCUT2D eigenvalue weighted by Crippen LogP contribution is 2.36. The quantitative estimate of drug-likeness (QED) is 0.816. The lowest BCUT2D eigenvalue weighted by molar-refractivity contribution is 0.00764. The summed E-state index contributed by atoms with van der Waals surface area (Å²) in [5.41, 5.74) is 8.58. The van der Waals surface area contributed by atoms with E-state index in [-0.39, 0.29) is 5.97 Å². The first-order valence-corrected chi connectivity index (χ1v) is 8.11. The summed E-state index contributed by atoms with van der Waals surface area (Å²) in [6, 6.07) is 2.11. The Hall–Kier alpha value is -1.62. The highest BCUT2D eigenvalue weighted by molar-refractivity contribution is 7.21. The molecule has 0 amide bonds. The number of pyridine rings is 1. The van der Waals surface area contributed by atoms with Crippen molar-refractivity contribution in [2.45, 2.75) is 52.1 Å². The molecule has 0 unspecified atom stereocenters. The SMILES string of the molecule is CC(C)(C)OC(=O)c1sc2nc3c(cc2c1N)CCCC3. The number of rotatable bonds is 1. The van der Waals surface area contributed by atoms with E-state index < -0.39 is 5.60 Å². The number of thiophene rings is 1. The number of fused-ring (bicyclic) bond motifs is 2. The van der Waals surface area contributed by atoms with Gasteiger partial charge in [0.2, 0.25) is 0 Å². The molecule has 4 nitrogen and oxygen atoms in total. The van der Waals surface area contributed by atoms with E-state index in [9.17, 15) is 4.79 Å². The lowest BCUT2D eigenvalue weighted by Gasteiger charge is -2.18. The van der Waals surface area contributed by atoms with Crippen molar-refractivity contribution in [3.05, 3.63) is 22.2 Å². The molecule has 0 spiro atoms. The van der Waals surface area contributed by atoms with E-state index in [1.54, 1.807) is 0 Å². The summed E-state index contributed by atoms with van der Waals surface area (Å²) in [5.74, 6) is -0.360. The van der Waals surface area contributed by atoms with Gasteiger partial charge in [-0.15, -0.1) is 11.3 Å². The van der Waals surface area contributed by atoms with E-state index in [0.717, 1.165) is 28.8 Å². The zero-order chi connectivity index (χ0) is 15.2. The van der Waals surface area contributed by atoms with Gasteiger partial charge in [-0.3, -0.25) is 0 Å². The van der Waals surface area contributed by atoms with E-state index in [4.69, 9.17) is 15.5 Å². The van der Waals surface area contributed by atoms with Crippen LogP contribution in [0.25, 0.3) is 10.2 Å². The van der Waals surface area contributed by atoms with Crippen molar-refractivity contribution in [3.63, 3.8) is 0 Å². The van der Waals surface area contributed by atoms with Crippen LogP contribution in [0.1, 0.15) is 54.5 Å². The number of carbonyl (C=O) groups excluding carboxylic acids is 1. The predicted octanol–water partition coefficient (Wildman–Crippen LogP) is 3.71. The van der Waals surface area contributed by atoms with Crippen molar-refractivity contribution in [3.8, 4) is 0 Å². The molecule has 2 aromatic rings. The van der Waals surface area contributed by atoms with Gasteiger partial charge < -0.3 is 10.5 Å². The first-order chi connectivity index (χ1) is 9.85. The molecule has 112 valence electrons. The molecular formula is C16H20N2O2S. The van der Waals surface area contributed by atoms with Crippen LogP contribution in [0.5, 0.6) is 0 Å². The monoisotopic (exact) mass is 304 g/mol. The van der Waals surface area contributed by atoms with Crippen LogP contribution in [0.3, 0.4) is 0 Å². The minimum Gasteiger partial charge on any atom is -0.456 e. The van der Waals surface area contributed by atoms with Gasteiger partial charge in [0.1, 0.15) is 15.3 Å². The Balaban J connectivity index is 2.05. The third-order valence-electron chi connectivity index (χ3n) is 3.58. The largest absolute Gasteiger partial charge is 0.456 e. The van der Waals surface area contributed by atoms with Gasteiger partial charge in [-0.1, -0.05) is 0 Å². The van der Waals surface area contributed by atoms with Crippen LogP contribution in [0.15, 0.2) is 6.07 Å². The van der Waals surface area contributed by atoms with Gasteiger partial charge in [-0.25, -0.2) is 9.78 Å². The highest BCUT2D eigenvalue weighted by Gasteiger charge is 2.24. The summed E-state index contributed by atoms with van der Waals surface area (Å²) in [7, 11) is 0. The number of hydrogen-bond acceptors (Lipinski definition) is 5. The molecule has 0 atom stereocenters. The number of ether oxygens (including phenoxy) is 1. The molecule has 3 rings (SSSR count). The first-order valence-electron chi connectivity index (χ1n) is 7.29. The summed E-state index contributed by atoms with van der Waals surface area (Å²) >= 11 is 1.33. The van der Waals surface area contributed by atoms with E-state index in [1.807, 2.05) is 20.8 Å². The summed E-state index contributed by atoms with van der Waals surface area (Å²) in [4.78, 5) is 18.3. The second-order valence-electron chi connectivity index (χ2n) is 6.50. The summed E-state index contributed by atoms with van der Waals surface area (Å²) < 4.78 is 5.42. The van der Waals surface area contributed by atoms with E-state index in [0.29, 0.717) is 10.6 Å². The minimum absolute atomic E-state index is 0.360. The standard InChI is InChI=1S/C16H20N2O2S/c1-16(2,3)20-15(19)13-12(17)10-8-9-6-4-5-7-11(9)18-14(10)21-13/h8H,4-7,17H2,1-3H3. The number of esters is 1. The normalized spacial score (nSPS) is 15.0. The predicted molar refractivity (Wildman–Crippen MR) is 85.8 cm³/mol. The zero-order valence-electron chi connectivity index (χ0n) is 12.7. The molecule has 0 bridgehead atoms. The zero-order valence-corrected chi connectivity index (χ0v) is 13.5. The lowest BCUT2D eigenvalue weighted by atomic mass is 9.95. The molecule has 2 heterocycles. The second-order valence-corrected chi connectivity index (χ2v) is 7.50. The average molecular weight is 304 g/mol. The maximum atomic E-state index is 12.3. The Bertz CT molecular complexity index is 713.